The van der Waals surface area contributed by atoms with Gasteiger partial charge in [0.05, 0.1) is 19.3 Å². The molecule has 0 radical (unpaired) electrons. The van der Waals surface area contributed by atoms with Crippen molar-refractivity contribution < 1.29 is 4.74 Å². The summed E-state index contributed by atoms with van der Waals surface area (Å²) in [5.41, 5.74) is 3.44. The van der Waals surface area contributed by atoms with Gasteiger partial charge in [-0.3, -0.25) is 10.1 Å². The predicted octanol–water partition coefficient (Wildman–Crippen LogP) is 1.63. The van der Waals surface area contributed by atoms with E-state index < -0.39 is 0 Å². The first-order valence-electron chi connectivity index (χ1n) is 7.29. The van der Waals surface area contributed by atoms with Crippen molar-refractivity contribution >= 4 is 5.96 Å². The zero-order valence-corrected chi connectivity index (χ0v) is 13.3. The van der Waals surface area contributed by atoms with E-state index in [0.717, 1.165) is 30.4 Å². The van der Waals surface area contributed by atoms with Gasteiger partial charge in [0.25, 0.3) is 0 Å². The van der Waals surface area contributed by atoms with Gasteiger partial charge in [-0.25, -0.2) is 0 Å². The van der Waals surface area contributed by atoms with Gasteiger partial charge in [0, 0.05) is 19.8 Å². The maximum atomic E-state index is 5.40. The van der Waals surface area contributed by atoms with E-state index in [-0.39, 0.29) is 0 Å². The molecule has 0 aliphatic carbocycles. The Labute approximate surface area is 131 Å². The normalized spacial score (nSPS) is 11.3. The summed E-state index contributed by atoms with van der Waals surface area (Å²) in [7, 11) is 3.46. The van der Waals surface area contributed by atoms with Crippen LogP contribution in [0.2, 0.25) is 0 Å². The molecule has 2 rings (SSSR count). The van der Waals surface area contributed by atoms with Crippen molar-refractivity contribution in [2.24, 2.45) is 4.99 Å². The Morgan fingerprint density at radius 2 is 2.18 bits per heavy atom. The van der Waals surface area contributed by atoms with E-state index in [9.17, 15) is 0 Å². The summed E-state index contributed by atoms with van der Waals surface area (Å²) in [5.74, 6) is 1.69. The molecule has 6 heteroatoms. The van der Waals surface area contributed by atoms with Crippen molar-refractivity contribution in [2.45, 2.75) is 19.9 Å². The van der Waals surface area contributed by atoms with Crippen molar-refractivity contribution in [3.8, 4) is 5.75 Å². The summed E-state index contributed by atoms with van der Waals surface area (Å²) in [6.45, 7) is 3.52. The zero-order chi connectivity index (χ0) is 15.8. The van der Waals surface area contributed by atoms with Gasteiger partial charge in [-0.15, -0.1) is 0 Å². The molecule has 1 heterocycles. The van der Waals surface area contributed by atoms with Gasteiger partial charge in [-0.1, -0.05) is 17.7 Å². The minimum absolute atomic E-state index is 0.660. The molecule has 0 amide bonds. The zero-order valence-electron chi connectivity index (χ0n) is 13.3. The Hall–Kier alpha value is -2.50. The third kappa shape index (κ3) is 4.51. The molecule has 0 aliphatic heterocycles. The number of guanidine groups is 1. The van der Waals surface area contributed by atoms with Crippen LogP contribution in [0.5, 0.6) is 5.75 Å². The fraction of sp³-hybridized carbons (Fsp3) is 0.375. The lowest BCUT2D eigenvalue weighted by Gasteiger charge is -2.13. The van der Waals surface area contributed by atoms with E-state index in [4.69, 9.17) is 4.74 Å². The van der Waals surface area contributed by atoms with Crippen LogP contribution in [-0.4, -0.2) is 36.9 Å². The second kappa shape index (κ2) is 8.07. The van der Waals surface area contributed by atoms with Gasteiger partial charge in [0.15, 0.2) is 5.96 Å². The molecule has 6 nitrogen and oxygen atoms in total. The van der Waals surface area contributed by atoms with E-state index in [2.05, 4.69) is 44.9 Å². The molecule has 0 fully saturated rings. The van der Waals surface area contributed by atoms with E-state index >= 15 is 0 Å². The minimum atomic E-state index is 0.660. The topological polar surface area (TPSA) is 74.3 Å². The van der Waals surface area contributed by atoms with Crippen molar-refractivity contribution in [2.75, 3.05) is 20.7 Å². The van der Waals surface area contributed by atoms with Crippen molar-refractivity contribution in [1.82, 2.24) is 20.8 Å². The third-order valence-corrected chi connectivity index (χ3v) is 3.35. The largest absolute Gasteiger partial charge is 0.496 e. The number of H-pyrrole nitrogens is 1. The highest BCUT2D eigenvalue weighted by molar-refractivity contribution is 5.79. The third-order valence-electron chi connectivity index (χ3n) is 3.35. The molecule has 1 aromatic carbocycles. The van der Waals surface area contributed by atoms with Gasteiger partial charge < -0.3 is 15.4 Å². The highest BCUT2D eigenvalue weighted by Crippen LogP contribution is 2.19. The molecule has 1 aromatic heterocycles. The number of aromatic nitrogens is 2. The minimum Gasteiger partial charge on any atom is -0.496 e. The molecule has 118 valence electrons. The van der Waals surface area contributed by atoms with E-state index in [0.29, 0.717) is 6.54 Å². The molecular weight excluding hydrogens is 278 g/mol. The van der Waals surface area contributed by atoms with Crippen LogP contribution in [0.4, 0.5) is 0 Å². The van der Waals surface area contributed by atoms with Crippen LogP contribution >= 0.6 is 0 Å². The lowest BCUT2D eigenvalue weighted by atomic mass is 10.1. The Morgan fingerprint density at radius 1 is 1.32 bits per heavy atom. The van der Waals surface area contributed by atoms with Crippen LogP contribution in [0.1, 0.15) is 16.8 Å². The molecule has 2 aromatic rings. The summed E-state index contributed by atoms with van der Waals surface area (Å²) in [5, 5.41) is 13.4. The number of aryl methyl sites for hydroxylation is 1. The standard InChI is InChI=1S/C16H23N5O/c1-12-4-5-15(22-3)13(10-12)6-8-18-16(17-2)19-11-14-7-9-20-21-14/h4-5,7,9-10H,6,8,11H2,1-3H3,(H,20,21)(H2,17,18,19). The van der Waals surface area contributed by atoms with Crippen LogP contribution in [0.15, 0.2) is 35.5 Å². The van der Waals surface area contributed by atoms with E-state index in [1.54, 1.807) is 20.4 Å². The number of hydrogen-bond donors (Lipinski definition) is 3. The Bertz CT molecular complexity index is 607. The predicted molar refractivity (Wildman–Crippen MR) is 88.2 cm³/mol. The number of aromatic amines is 1. The number of aliphatic imine (C=N–C) groups is 1. The first-order chi connectivity index (χ1) is 10.7. The maximum Gasteiger partial charge on any atom is 0.191 e. The maximum absolute atomic E-state index is 5.40. The fourth-order valence-electron chi connectivity index (χ4n) is 2.20. The van der Waals surface area contributed by atoms with Crippen LogP contribution in [0, 0.1) is 6.92 Å². The quantitative estimate of drug-likeness (QED) is 0.560. The average Bonchev–Trinajstić information content (AvgIpc) is 3.04. The highest BCUT2D eigenvalue weighted by Gasteiger charge is 2.04. The van der Waals surface area contributed by atoms with Gasteiger partial charge in [0.2, 0.25) is 0 Å². The van der Waals surface area contributed by atoms with Gasteiger partial charge in [-0.05, 0) is 31.0 Å². The van der Waals surface area contributed by atoms with Crippen LogP contribution in [0.25, 0.3) is 0 Å². The summed E-state index contributed by atoms with van der Waals surface area (Å²) in [4.78, 5) is 4.21. The number of methoxy groups -OCH3 is 1. The summed E-state index contributed by atoms with van der Waals surface area (Å²) >= 11 is 0. The summed E-state index contributed by atoms with van der Waals surface area (Å²) in [6, 6.07) is 8.15. The molecule has 3 N–H and O–H groups in total. The second-order valence-corrected chi connectivity index (χ2v) is 5.00. The monoisotopic (exact) mass is 301 g/mol. The highest BCUT2D eigenvalue weighted by atomic mass is 16.5. The fourth-order valence-corrected chi connectivity index (χ4v) is 2.20. The molecule has 0 aliphatic rings. The van der Waals surface area contributed by atoms with E-state index in [1.807, 2.05) is 12.1 Å². The summed E-state index contributed by atoms with van der Waals surface area (Å²) < 4.78 is 5.40. The van der Waals surface area contributed by atoms with Crippen molar-refractivity contribution in [3.63, 3.8) is 0 Å². The lowest BCUT2D eigenvalue weighted by Crippen LogP contribution is -2.38. The van der Waals surface area contributed by atoms with Crippen LogP contribution in [-0.2, 0) is 13.0 Å². The molecule has 0 saturated carbocycles. The van der Waals surface area contributed by atoms with Gasteiger partial charge >= 0.3 is 0 Å². The van der Waals surface area contributed by atoms with Crippen LogP contribution < -0.4 is 15.4 Å². The number of ether oxygens (including phenoxy) is 1. The summed E-state index contributed by atoms with van der Waals surface area (Å²) in [6.07, 6.45) is 2.60. The van der Waals surface area contributed by atoms with Gasteiger partial charge in [-0.2, -0.15) is 5.10 Å². The van der Waals surface area contributed by atoms with Crippen LogP contribution in [0.3, 0.4) is 0 Å². The first kappa shape index (κ1) is 15.9. The van der Waals surface area contributed by atoms with E-state index in [1.165, 1.54) is 11.1 Å². The first-order valence-corrected chi connectivity index (χ1v) is 7.29. The second-order valence-electron chi connectivity index (χ2n) is 5.00. The Balaban J connectivity index is 1.82. The van der Waals surface area contributed by atoms with Crippen molar-refractivity contribution in [3.05, 3.63) is 47.3 Å². The molecule has 0 atom stereocenters. The molecule has 0 saturated heterocycles. The Kier molecular flexibility index (Phi) is 5.82. The lowest BCUT2D eigenvalue weighted by molar-refractivity contribution is 0.409. The number of benzene rings is 1. The number of rotatable bonds is 6. The molecule has 0 bridgehead atoms. The van der Waals surface area contributed by atoms with Gasteiger partial charge in [0.1, 0.15) is 5.75 Å². The SMILES string of the molecule is CN=C(NCCc1cc(C)ccc1OC)NCc1ccn[nH]1. The molecule has 0 unspecified atom stereocenters. The Morgan fingerprint density at radius 3 is 2.86 bits per heavy atom. The molecule has 22 heavy (non-hydrogen) atoms. The average molecular weight is 301 g/mol. The number of nitrogens with one attached hydrogen (secondary N) is 3. The van der Waals surface area contributed by atoms with Crippen molar-refractivity contribution in [1.29, 1.82) is 0 Å². The molecule has 0 spiro atoms. The smallest absolute Gasteiger partial charge is 0.191 e. The number of nitrogens with zero attached hydrogens (tertiary/aromatic N) is 2. The number of hydrogen-bond acceptors (Lipinski definition) is 3. The molecular formula is C16H23N5O.